The zero-order valence-electron chi connectivity index (χ0n) is 12.6. The normalized spacial score (nSPS) is 44.0. The Labute approximate surface area is 121 Å². The standard InChI is InChI=1S/C17H27NO2/c1-16-6-9-17(10-7-16,11-8-16)18-15(20)14-4-2-13(12-19)3-5-14/h12-14H,2-11H2,1H3,(H,18,20). The van der Waals surface area contributed by atoms with Gasteiger partial charge in [-0.15, -0.1) is 0 Å². The fourth-order valence-corrected chi connectivity index (χ4v) is 4.44. The summed E-state index contributed by atoms with van der Waals surface area (Å²) in [7, 11) is 0. The molecule has 0 heterocycles. The highest BCUT2D eigenvalue weighted by atomic mass is 16.2. The Kier molecular flexibility index (Phi) is 3.64. The molecule has 1 N–H and O–H groups in total. The average molecular weight is 277 g/mol. The number of hydrogen-bond acceptors (Lipinski definition) is 2. The summed E-state index contributed by atoms with van der Waals surface area (Å²) < 4.78 is 0. The van der Waals surface area contributed by atoms with Crippen molar-refractivity contribution < 1.29 is 9.59 Å². The van der Waals surface area contributed by atoms with Crippen molar-refractivity contribution in [3.05, 3.63) is 0 Å². The summed E-state index contributed by atoms with van der Waals surface area (Å²) >= 11 is 0. The van der Waals surface area contributed by atoms with E-state index in [0.717, 1.165) is 32.0 Å². The lowest BCUT2D eigenvalue weighted by Crippen LogP contribution is -2.57. The predicted octanol–water partition coefficient (Wildman–Crippen LogP) is 3.22. The summed E-state index contributed by atoms with van der Waals surface area (Å²) in [4.78, 5) is 23.3. The number of carbonyl (C=O) groups is 2. The Bertz CT molecular complexity index is 371. The van der Waals surface area contributed by atoms with Crippen molar-refractivity contribution in [1.82, 2.24) is 5.32 Å². The van der Waals surface area contributed by atoms with Crippen molar-refractivity contribution in [2.45, 2.75) is 76.7 Å². The van der Waals surface area contributed by atoms with Crippen molar-refractivity contribution in [3.63, 3.8) is 0 Å². The third-order valence-corrected chi connectivity index (χ3v) is 6.34. The molecule has 0 atom stereocenters. The lowest BCUT2D eigenvalue weighted by molar-refractivity contribution is -0.131. The van der Waals surface area contributed by atoms with Crippen LogP contribution in [0.3, 0.4) is 0 Å². The quantitative estimate of drug-likeness (QED) is 0.805. The topological polar surface area (TPSA) is 46.2 Å². The van der Waals surface area contributed by atoms with Gasteiger partial charge in [-0.3, -0.25) is 4.79 Å². The predicted molar refractivity (Wildman–Crippen MR) is 78.2 cm³/mol. The summed E-state index contributed by atoms with van der Waals surface area (Å²) in [6, 6.07) is 0. The maximum Gasteiger partial charge on any atom is 0.223 e. The van der Waals surface area contributed by atoms with Crippen LogP contribution in [0.5, 0.6) is 0 Å². The number of rotatable bonds is 3. The molecule has 4 aliphatic rings. The van der Waals surface area contributed by atoms with Crippen molar-refractivity contribution >= 4 is 12.2 Å². The average Bonchev–Trinajstić information content (AvgIpc) is 2.49. The van der Waals surface area contributed by atoms with Gasteiger partial charge >= 0.3 is 0 Å². The number of carbonyl (C=O) groups excluding carboxylic acids is 2. The molecule has 20 heavy (non-hydrogen) atoms. The van der Waals surface area contributed by atoms with Crippen LogP contribution in [0.15, 0.2) is 0 Å². The summed E-state index contributed by atoms with van der Waals surface area (Å²) in [6.45, 7) is 2.40. The number of fused-ring (bicyclic) bond motifs is 3. The van der Waals surface area contributed by atoms with Gasteiger partial charge in [0.1, 0.15) is 6.29 Å². The lowest BCUT2D eigenvalue weighted by Gasteiger charge is -2.52. The first kappa shape index (κ1) is 14.1. The Morgan fingerprint density at radius 2 is 1.55 bits per heavy atom. The Morgan fingerprint density at radius 3 is 2.05 bits per heavy atom. The van der Waals surface area contributed by atoms with Gasteiger partial charge in [0.2, 0.25) is 5.91 Å². The molecule has 4 saturated carbocycles. The summed E-state index contributed by atoms with van der Waals surface area (Å²) in [5, 5.41) is 3.41. The van der Waals surface area contributed by atoms with Crippen molar-refractivity contribution in [3.8, 4) is 0 Å². The minimum Gasteiger partial charge on any atom is -0.350 e. The zero-order valence-corrected chi connectivity index (χ0v) is 12.6. The van der Waals surface area contributed by atoms with E-state index in [9.17, 15) is 9.59 Å². The van der Waals surface area contributed by atoms with E-state index in [1.54, 1.807) is 0 Å². The van der Waals surface area contributed by atoms with Crippen LogP contribution < -0.4 is 5.32 Å². The van der Waals surface area contributed by atoms with E-state index in [1.165, 1.54) is 38.5 Å². The van der Waals surface area contributed by atoms with E-state index in [0.29, 0.717) is 5.41 Å². The minimum atomic E-state index is 0.107. The molecule has 0 aromatic carbocycles. The van der Waals surface area contributed by atoms with E-state index in [-0.39, 0.29) is 23.3 Å². The molecule has 0 saturated heterocycles. The Morgan fingerprint density at radius 1 is 1.00 bits per heavy atom. The smallest absolute Gasteiger partial charge is 0.223 e. The maximum absolute atomic E-state index is 12.5. The number of nitrogens with one attached hydrogen (secondary N) is 1. The molecule has 4 fully saturated rings. The van der Waals surface area contributed by atoms with Crippen LogP contribution in [-0.2, 0) is 9.59 Å². The largest absolute Gasteiger partial charge is 0.350 e. The highest BCUT2D eigenvalue weighted by Gasteiger charge is 2.47. The molecule has 1 amide bonds. The van der Waals surface area contributed by atoms with Crippen LogP contribution in [0.25, 0.3) is 0 Å². The van der Waals surface area contributed by atoms with Gasteiger partial charge in [0, 0.05) is 17.4 Å². The second kappa shape index (κ2) is 5.16. The fourth-order valence-electron chi connectivity index (χ4n) is 4.44. The molecule has 0 radical (unpaired) electrons. The number of hydrogen-bond donors (Lipinski definition) is 1. The third-order valence-electron chi connectivity index (χ3n) is 6.34. The van der Waals surface area contributed by atoms with Gasteiger partial charge in [-0.2, -0.15) is 0 Å². The number of amides is 1. The lowest BCUT2D eigenvalue weighted by atomic mass is 9.58. The molecule has 3 nitrogen and oxygen atoms in total. The molecule has 0 aromatic heterocycles. The van der Waals surface area contributed by atoms with Crippen molar-refractivity contribution in [1.29, 1.82) is 0 Å². The molecular formula is C17H27NO2. The molecule has 0 unspecified atom stereocenters. The van der Waals surface area contributed by atoms with Gasteiger partial charge in [0.15, 0.2) is 0 Å². The molecule has 0 aliphatic heterocycles. The Hall–Kier alpha value is -0.860. The monoisotopic (exact) mass is 277 g/mol. The first-order chi connectivity index (χ1) is 9.54. The second-order valence-corrected chi connectivity index (χ2v) is 7.83. The van der Waals surface area contributed by atoms with Gasteiger partial charge in [-0.25, -0.2) is 0 Å². The molecule has 4 rings (SSSR count). The highest BCUT2D eigenvalue weighted by molar-refractivity contribution is 5.79. The first-order valence-corrected chi connectivity index (χ1v) is 8.32. The summed E-state index contributed by atoms with van der Waals surface area (Å²) in [5.41, 5.74) is 0.658. The van der Waals surface area contributed by atoms with E-state index in [2.05, 4.69) is 12.2 Å². The summed E-state index contributed by atoms with van der Waals surface area (Å²) in [6.07, 6.45) is 11.9. The van der Waals surface area contributed by atoms with E-state index in [4.69, 9.17) is 0 Å². The zero-order chi connectivity index (χ0) is 14.2. The summed E-state index contributed by atoms with van der Waals surface area (Å²) in [5.74, 6) is 0.609. The minimum absolute atomic E-state index is 0.107. The molecule has 0 aromatic rings. The molecule has 4 aliphatic carbocycles. The Balaban J connectivity index is 1.56. The van der Waals surface area contributed by atoms with Crippen molar-refractivity contribution in [2.75, 3.05) is 0 Å². The van der Waals surface area contributed by atoms with Crippen LogP contribution in [0.4, 0.5) is 0 Å². The van der Waals surface area contributed by atoms with Gasteiger partial charge in [-0.05, 0) is 69.6 Å². The molecule has 2 bridgehead atoms. The van der Waals surface area contributed by atoms with Gasteiger partial charge in [0.05, 0.1) is 0 Å². The van der Waals surface area contributed by atoms with E-state index in [1.807, 2.05) is 0 Å². The molecular weight excluding hydrogens is 250 g/mol. The van der Waals surface area contributed by atoms with Gasteiger partial charge in [-0.1, -0.05) is 6.92 Å². The van der Waals surface area contributed by atoms with Gasteiger partial charge < -0.3 is 10.1 Å². The van der Waals surface area contributed by atoms with Crippen molar-refractivity contribution in [2.24, 2.45) is 17.3 Å². The first-order valence-electron chi connectivity index (χ1n) is 8.32. The van der Waals surface area contributed by atoms with E-state index < -0.39 is 0 Å². The highest BCUT2D eigenvalue weighted by Crippen LogP contribution is 2.52. The van der Waals surface area contributed by atoms with Crippen LogP contribution in [-0.4, -0.2) is 17.7 Å². The maximum atomic E-state index is 12.5. The number of aldehydes is 1. The van der Waals surface area contributed by atoms with E-state index >= 15 is 0 Å². The van der Waals surface area contributed by atoms with Gasteiger partial charge in [0.25, 0.3) is 0 Å². The van der Waals surface area contributed by atoms with Crippen LogP contribution in [0.1, 0.15) is 71.1 Å². The molecule has 0 spiro atoms. The SMILES string of the molecule is CC12CCC(NC(=O)C3CCC(C=O)CC3)(CC1)CC2. The van der Waals surface area contributed by atoms with Crippen LogP contribution in [0.2, 0.25) is 0 Å². The van der Waals surface area contributed by atoms with Crippen LogP contribution in [0, 0.1) is 17.3 Å². The third kappa shape index (κ3) is 2.64. The molecule has 3 heteroatoms. The fraction of sp³-hybridized carbons (Fsp3) is 0.882. The van der Waals surface area contributed by atoms with Crippen LogP contribution >= 0.6 is 0 Å². The second-order valence-electron chi connectivity index (χ2n) is 7.83. The molecule has 112 valence electrons.